The number of hydrogen-bond donors (Lipinski definition) is 2. The maximum atomic E-state index is 13.2. The maximum Gasteiger partial charge on any atom is 0.325 e. The first-order valence-corrected chi connectivity index (χ1v) is 10.4. The van der Waals surface area contributed by atoms with Crippen molar-refractivity contribution in [1.82, 2.24) is 10.2 Å². The minimum absolute atomic E-state index is 0.350. The van der Waals surface area contributed by atoms with E-state index in [0.717, 1.165) is 16.0 Å². The van der Waals surface area contributed by atoms with Crippen LogP contribution >= 0.6 is 0 Å². The van der Waals surface area contributed by atoms with Crippen molar-refractivity contribution in [2.24, 2.45) is 0 Å². The number of carbonyl (C=O) groups is 3. The number of carbonyl (C=O) groups excluding carboxylic acids is 3. The zero-order chi connectivity index (χ0) is 22.1. The predicted molar refractivity (Wildman–Crippen MR) is 118 cm³/mol. The highest BCUT2D eigenvalue weighted by Gasteiger charge is 2.55. The number of imide groups is 1. The third kappa shape index (κ3) is 3.47. The highest BCUT2D eigenvalue weighted by Crippen LogP contribution is 2.41. The molecule has 160 valence electrons. The van der Waals surface area contributed by atoms with E-state index in [-0.39, 0.29) is 12.5 Å². The number of anilines is 1. The van der Waals surface area contributed by atoms with E-state index in [2.05, 4.69) is 10.6 Å². The molecule has 1 aliphatic carbocycles. The SMILES string of the molecule is O=C(CN1C(=O)NC2(CCc3ccccc32)C1=O)Nc1ccc(Oc2ccccc2)cc1. The molecule has 7 nitrogen and oxygen atoms in total. The van der Waals surface area contributed by atoms with Gasteiger partial charge >= 0.3 is 6.03 Å². The van der Waals surface area contributed by atoms with Crippen molar-refractivity contribution >= 4 is 23.5 Å². The van der Waals surface area contributed by atoms with E-state index in [1.165, 1.54) is 0 Å². The molecule has 7 heteroatoms. The molecular weight excluding hydrogens is 406 g/mol. The van der Waals surface area contributed by atoms with Gasteiger partial charge in [0.1, 0.15) is 23.6 Å². The van der Waals surface area contributed by atoms with Gasteiger partial charge in [0.2, 0.25) is 5.91 Å². The number of benzene rings is 3. The van der Waals surface area contributed by atoms with Crippen LogP contribution < -0.4 is 15.4 Å². The molecule has 1 heterocycles. The number of aryl methyl sites for hydroxylation is 1. The highest BCUT2D eigenvalue weighted by atomic mass is 16.5. The molecule has 0 saturated carbocycles. The third-order valence-corrected chi connectivity index (χ3v) is 5.84. The standard InChI is InChI=1S/C25H21N3O4/c29-22(26-18-10-12-20(13-11-18)32-19-7-2-1-3-8-19)16-28-23(30)25(27-24(28)31)15-14-17-6-4-5-9-21(17)25/h1-13H,14-16H2,(H,26,29)(H,27,31). The first-order valence-electron chi connectivity index (χ1n) is 10.4. The fourth-order valence-electron chi connectivity index (χ4n) is 4.31. The summed E-state index contributed by atoms with van der Waals surface area (Å²) >= 11 is 0. The third-order valence-electron chi connectivity index (χ3n) is 5.84. The van der Waals surface area contributed by atoms with Crippen molar-refractivity contribution in [3.8, 4) is 11.5 Å². The van der Waals surface area contributed by atoms with Crippen LogP contribution in [0.5, 0.6) is 11.5 Å². The molecule has 5 rings (SSSR count). The summed E-state index contributed by atoms with van der Waals surface area (Å²) in [5, 5.41) is 5.56. The van der Waals surface area contributed by atoms with E-state index in [1.54, 1.807) is 24.3 Å². The van der Waals surface area contributed by atoms with Gasteiger partial charge in [0.15, 0.2) is 0 Å². The molecule has 0 radical (unpaired) electrons. The summed E-state index contributed by atoms with van der Waals surface area (Å²) in [5.41, 5.74) is 1.34. The summed E-state index contributed by atoms with van der Waals surface area (Å²) < 4.78 is 5.74. The zero-order valence-electron chi connectivity index (χ0n) is 17.2. The Morgan fingerprint density at radius 1 is 0.938 bits per heavy atom. The van der Waals surface area contributed by atoms with Gasteiger partial charge in [-0.3, -0.25) is 14.5 Å². The van der Waals surface area contributed by atoms with Crippen LogP contribution in [-0.4, -0.2) is 29.3 Å². The summed E-state index contributed by atoms with van der Waals surface area (Å²) in [6.45, 7) is -0.350. The molecule has 3 aromatic carbocycles. The lowest BCUT2D eigenvalue weighted by Crippen LogP contribution is -2.42. The molecule has 1 unspecified atom stereocenters. The second-order valence-electron chi connectivity index (χ2n) is 7.87. The van der Waals surface area contributed by atoms with E-state index in [4.69, 9.17) is 4.74 Å². The summed E-state index contributed by atoms with van der Waals surface area (Å²) in [4.78, 5) is 39.3. The average molecular weight is 427 g/mol. The summed E-state index contributed by atoms with van der Waals surface area (Å²) in [7, 11) is 0. The Balaban J connectivity index is 1.24. The lowest BCUT2D eigenvalue weighted by Gasteiger charge is -2.22. The van der Waals surface area contributed by atoms with E-state index >= 15 is 0 Å². The first kappa shape index (κ1) is 19.8. The number of hydrogen-bond acceptors (Lipinski definition) is 4. The van der Waals surface area contributed by atoms with Crippen molar-refractivity contribution in [2.45, 2.75) is 18.4 Å². The van der Waals surface area contributed by atoms with Crippen molar-refractivity contribution < 1.29 is 19.1 Å². The Bertz CT molecular complexity index is 1190. The van der Waals surface area contributed by atoms with Gasteiger partial charge in [-0.15, -0.1) is 0 Å². The van der Waals surface area contributed by atoms with Crippen molar-refractivity contribution in [3.63, 3.8) is 0 Å². The van der Waals surface area contributed by atoms with Gasteiger partial charge in [0.25, 0.3) is 5.91 Å². The van der Waals surface area contributed by atoms with Crippen LogP contribution in [-0.2, 0) is 21.5 Å². The molecule has 1 saturated heterocycles. The molecule has 1 aliphatic heterocycles. The largest absolute Gasteiger partial charge is 0.457 e. The van der Waals surface area contributed by atoms with Gasteiger partial charge in [0, 0.05) is 5.69 Å². The van der Waals surface area contributed by atoms with Crippen molar-refractivity contribution in [3.05, 3.63) is 90.0 Å². The summed E-state index contributed by atoms with van der Waals surface area (Å²) in [6.07, 6.45) is 1.21. The number of para-hydroxylation sites is 1. The Kier molecular flexibility index (Phi) is 4.86. The Labute approximate surface area is 185 Å². The minimum Gasteiger partial charge on any atom is -0.457 e. The van der Waals surface area contributed by atoms with Gasteiger partial charge < -0.3 is 15.4 Å². The number of rotatable bonds is 5. The molecule has 1 fully saturated rings. The van der Waals surface area contributed by atoms with E-state index in [0.29, 0.717) is 30.0 Å². The molecular formula is C25H21N3O4. The van der Waals surface area contributed by atoms with Gasteiger partial charge in [-0.2, -0.15) is 0 Å². The lowest BCUT2D eigenvalue weighted by atomic mass is 9.92. The second kappa shape index (κ2) is 7.85. The van der Waals surface area contributed by atoms with Crippen LogP contribution in [0.15, 0.2) is 78.9 Å². The van der Waals surface area contributed by atoms with E-state index in [1.807, 2.05) is 54.6 Å². The molecule has 2 aliphatic rings. The number of nitrogens with zero attached hydrogens (tertiary/aromatic N) is 1. The fourth-order valence-corrected chi connectivity index (χ4v) is 4.31. The van der Waals surface area contributed by atoms with Crippen LogP contribution in [0.25, 0.3) is 0 Å². The van der Waals surface area contributed by atoms with Crippen LogP contribution in [0.4, 0.5) is 10.5 Å². The smallest absolute Gasteiger partial charge is 0.325 e. The molecule has 1 spiro atoms. The van der Waals surface area contributed by atoms with Gasteiger partial charge in [-0.1, -0.05) is 42.5 Å². The number of amides is 4. The number of nitrogens with one attached hydrogen (secondary N) is 2. The summed E-state index contributed by atoms with van der Waals surface area (Å²) in [5.74, 6) is 0.512. The Morgan fingerprint density at radius 2 is 1.62 bits per heavy atom. The second-order valence-corrected chi connectivity index (χ2v) is 7.87. The molecule has 4 amide bonds. The predicted octanol–water partition coefficient (Wildman–Crippen LogP) is 3.81. The van der Waals surface area contributed by atoms with Crippen LogP contribution in [0.1, 0.15) is 17.5 Å². The van der Waals surface area contributed by atoms with Gasteiger partial charge in [-0.25, -0.2) is 4.79 Å². The normalized spacial score (nSPS) is 19.1. The van der Waals surface area contributed by atoms with Gasteiger partial charge in [0.05, 0.1) is 0 Å². The number of fused-ring (bicyclic) bond motifs is 2. The van der Waals surface area contributed by atoms with E-state index < -0.39 is 17.5 Å². The van der Waals surface area contributed by atoms with E-state index in [9.17, 15) is 14.4 Å². The maximum absolute atomic E-state index is 13.2. The van der Waals surface area contributed by atoms with Crippen LogP contribution in [0, 0.1) is 0 Å². The monoisotopic (exact) mass is 427 g/mol. The summed E-state index contributed by atoms with van der Waals surface area (Å²) in [6, 6.07) is 23.3. The Morgan fingerprint density at radius 3 is 2.41 bits per heavy atom. The minimum atomic E-state index is -1.07. The quantitative estimate of drug-likeness (QED) is 0.606. The molecule has 32 heavy (non-hydrogen) atoms. The molecule has 0 aromatic heterocycles. The lowest BCUT2D eigenvalue weighted by molar-refractivity contribution is -0.134. The van der Waals surface area contributed by atoms with Crippen molar-refractivity contribution in [2.75, 3.05) is 11.9 Å². The fraction of sp³-hybridized carbons (Fsp3) is 0.160. The van der Waals surface area contributed by atoms with Crippen LogP contribution in [0.2, 0.25) is 0 Å². The number of ether oxygens (including phenoxy) is 1. The van der Waals surface area contributed by atoms with Crippen molar-refractivity contribution in [1.29, 1.82) is 0 Å². The van der Waals surface area contributed by atoms with Gasteiger partial charge in [-0.05, 0) is 60.4 Å². The van der Waals surface area contributed by atoms with Crippen LogP contribution in [0.3, 0.4) is 0 Å². The topological polar surface area (TPSA) is 87.7 Å². The molecule has 2 N–H and O–H groups in total. The molecule has 0 bridgehead atoms. The zero-order valence-corrected chi connectivity index (χ0v) is 17.2. The Hall–Kier alpha value is -4.13. The highest BCUT2D eigenvalue weighted by molar-refractivity contribution is 6.10. The number of urea groups is 1. The average Bonchev–Trinajstić information content (AvgIpc) is 3.29. The molecule has 1 atom stereocenters. The first-order chi connectivity index (χ1) is 15.5. The molecule has 3 aromatic rings.